The smallest absolute Gasteiger partial charge is 0.238 e. The molecule has 0 saturated carbocycles. The fourth-order valence-corrected chi connectivity index (χ4v) is 4.42. The zero-order valence-corrected chi connectivity index (χ0v) is 17.0. The second-order valence-corrected chi connectivity index (χ2v) is 9.41. The number of hydrogen-bond acceptors (Lipinski definition) is 5. The van der Waals surface area contributed by atoms with E-state index in [9.17, 15) is 13.2 Å². The molecule has 0 unspecified atom stereocenters. The molecule has 1 saturated heterocycles. The molecule has 0 N–H and O–H groups in total. The summed E-state index contributed by atoms with van der Waals surface area (Å²) in [6.07, 6.45) is 1.15. The number of carbonyl (C=O) groups excluding carboxylic acids is 1. The molecule has 8 heteroatoms. The van der Waals surface area contributed by atoms with Gasteiger partial charge in [0.1, 0.15) is 5.75 Å². The van der Waals surface area contributed by atoms with Crippen molar-refractivity contribution in [3.8, 4) is 5.75 Å². The zero-order chi connectivity index (χ0) is 19.5. The van der Waals surface area contributed by atoms with Crippen molar-refractivity contribution in [1.82, 2.24) is 9.21 Å². The molecule has 1 heterocycles. The molecule has 7 nitrogen and oxygen atoms in total. The van der Waals surface area contributed by atoms with Crippen LogP contribution < -0.4 is 9.64 Å². The van der Waals surface area contributed by atoms with E-state index in [0.717, 1.165) is 17.7 Å². The Labute approximate surface area is 156 Å². The third kappa shape index (κ3) is 5.11. The summed E-state index contributed by atoms with van der Waals surface area (Å²) in [5, 5.41) is 0. The van der Waals surface area contributed by atoms with Gasteiger partial charge in [0.05, 0.1) is 19.9 Å². The predicted molar refractivity (Wildman–Crippen MR) is 103 cm³/mol. The number of piperazine rings is 1. The normalized spacial score (nSPS) is 16.1. The van der Waals surface area contributed by atoms with Crippen LogP contribution in [0.5, 0.6) is 5.75 Å². The summed E-state index contributed by atoms with van der Waals surface area (Å²) < 4.78 is 30.5. The molecule has 1 amide bonds. The first-order valence-electron chi connectivity index (χ1n) is 8.67. The van der Waals surface area contributed by atoms with E-state index in [-0.39, 0.29) is 12.5 Å². The maximum Gasteiger partial charge on any atom is 0.238 e. The molecule has 0 aliphatic carbocycles. The lowest BCUT2D eigenvalue weighted by molar-refractivity contribution is -0.132. The number of rotatable bonds is 5. The lowest BCUT2D eigenvalue weighted by atomic mass is 10.1. The number of hydrogen-bond donors (Lipinski definition) is 0. The average Bonchev–Trinajstić information content (AvgIpc) is 2.57. The Bertz CT molecular complexity index is 718. The van der Waals surface area contributed by atoms with Crippen LogP contribution in [0.4, 0.5) is 5.69 Å². The van der Waals surface area contributed by atoms with E-state index in [2.05, 4.69) is 4.90 Å². The first kappa shape index (κ1) is 20.5. The lowest BCUT2D eigenvalue weighted by Gasteiger charge is -2.38. The molecule has 1 aromatic carbocycles. The quantitative estimate of drug-likeness (QED) is 0.769. The highest BCUT2D eigenvalue weighted by molar-refractivity contribution is 7.88. The number of anilines is 1. The van der Waals surface area contributed by atoms with Crippen LogP contribution >= 0.6 is 0 Å². The fraction of sp³-hybridized carbons (Fsp3) is 0.611. The first-order chi connectivity index (χ1) is 12.0. The van der Waals surface area contributed by atoms with Gasteiger partial charge in [-0.25, -0.2) is 8.42 Å². The van der Waals surface area contributed by atoms with Crippen molar-refractivity contribution >= 4 is 21.6 Å². The summed E-state index contributed by atoms with van der Waals surface area (Å²) in [7, 11) is -1.82. The van der Waals surface area contributed by atoms with Gasteiger partial charge < -0.3 is 14.5 Å². The summed E-state index contributed by atoms with van der Waals surface area (Å²) in [5.41, 5.74) is 0.457. The molecule has 26 heavy (non-hydrogen) atoms. The molecule has 146 valence electrons. The van der Waals surface area contributed by atoms with E-state index < -0.39 is 15.6 Å². The van der Waals surface area contributed by atoms with Crippen molar-refractivity contribution in [1.29, 1.82) is 0 Å². The monoisotopic (exact) mass is 383 g/mol. The average molecular weight is 384 g/mol. The number of carbonyl (C=O) groups is 1. The Morgan fingerprint density at radius 1 is 1.12 bits per heavy atom. The zero-order valence-electron chi connectivity index (χ0n) is 16.2. The van der Waals surface area contributed by atoms with Gasteiger partial charge in [0.15, 0.2) is 0 Å². The summed E-state index contributed by atoms with van der Waals surface area (Å²) in [5.74, 6) is 0.658. The number of amides is 1. The van der Waals surface area contributed by atoms with E-state index in [4.69, 9.17) is 4.74 Å². The second-order valence-electron chi connectivity index (χ2n) is 7.51. The molecule has 2 rings (SSSR count). The molecule has 1 aliphatic rings. The molecule has 1 fully saturated rings. The standard InChI is InChI=1S/C18H29N3O4S/c1-18(2,3)21(26(5,23)24)14-17(22)20-12-10-19(11-13-20)15-6-8-16(25-4)9-7-15/h6-9H,10-14H2,1-5H3. The van der Waals surface area contributed by atoms with Crippen molar-refractivity contribution in [3.63, 3.8) is 0 Å². The third-order valence-corrected chi connectivity index (χ3v) is 5.97. The highest BCUT2D eigenvalue weighted by atomic mass is 32.2. The van der Waals surface area contributed by atoms with Crippen molar-refractivity contribution in [3.05, 3.63) is 24.3 Å². The van der Waals surface area contributed by atoms with Crippen LogP contribution in [0.1, 0.15) is 20.8 Å². The van der Waals surface area contributed by atoms with Gasteiger partial charge in [-0.2, -0.15) is 4.31 Å². The topological polar surface area (TPSA) is 70.2 Å². The van der Waals surface area contributed by atoms with Crippen LogP contribution in [0.3, 0.4) is 0 Å². The molecule has 0 aromatic heterocycles. The Hall–Kier alpha value is -1.80. The minimum Gasteiger partial charge on any atom is -0.497 e. The van der Waals surface area contributed by atoms with E-state index in [1.165, 1.54) is 4.31 Å². The third-order valence-electron chi connectivity index (χ3n) is 4.50. The molecule has 1 aromatic rings. The molecule has 0 bridgehead atoms. The molecule has 1 aliphatic heterocycles. The first-order valence-corrected chi connectivity index (χ1v) is 10.5. The Morgan fingerprint density at radius 3 is 2.08 bits per heavy atom. The maximum atomic E-state index is 12.6. The van der Waals surface area contributed by atoms with Gasteiger partial charge in [-0.05, 0) is 45.0 Å². The highest BCUT2D eigenvalue weighted by Crippen LogP contribution is 2.21. The van der Waals surface area contributed by atoms with Crippen LogP contribution in [0.2, 0.25) is 0 Å². The van der Waals surface area contributed by atoms with Crippen molar-refractivity contribution in [2.45, 2.75) is 26.3 Å². The van der Waals surface area contributed by atoms with E-state index >= 15 is 0 Å². The Balaban J connectivity index is 1.97. The van der Waals surface area contributed by atoms with Gasteiger partial charge in [0.25, 0.3) is 0 Å². The van der Waals surface area contributed by atoms with Crippen LogP contribution in [-0.4, -0.2) is 75.2 Å². The van der Waals surface area contributed by atoms with Gasteiger partial charge >= 0.3 is 0 Å². The number of nitrogens with zero attached hydrogens (tertiary/aromatic N) is 3. The number of methoxy groups -OCH3 is 1. The molecular formula is C18H29N3O4S. The number of benzene rings is 1. The molecular weight excluding hydrogens is 354 g/mol. The van der Waals surface area contributed by atoms with Crippen LogP contribution in [0.25, 0.3) is 0 Å². The fourth-order valence-electron chi connectivity index (χ4n) is 3.08. The van der Waals surface area contributed by atoms with E-state index in [1.807, 2.05) is 24.3 Å². The van der Waals surface area contributed by atoms with E-state index in [0.29, 0.717) is 26.2 Å². The lowest BCUT2D eigenvalue weighted by Crippen LogP contribution is -2.54. The SMILES string of the molecule is COc1ccc(N2CCN(C(=O)CN(C(C)(C)C)S(C)(=O)=O)CC2)cc1. The van der Waals surface area contributed by atoms with Crippen LogP contribution in [0.15, 0.2) is 24.3 Å². The minimum atomic E-state index is -3.45. The molecule has 0 spiro atoms. The van der Waals surface area contributed by atoms with Crippen molar-refractivity contribution in [2.75, 3.05) is 51.0 Å². The molecule has 0 radical (unpaired) electrons. The highest BCUT2D eigenvalue weighted by Gasteiger charge is 2.33. The van der Waals surface area contributed by atoms with Crippen LogP contribution in [0, 0.1) is 0 Å². The molecule has 0 atom stereocenters. The van der Waals surface area contributed by atoms with Crippen molar-refractivity contribution in [2.24, 2.45) is 0 Å². The van der Waals surface area contributed by atoms with Gasteiger partial charge in [-0.3, -0.25) is 4.79 Å². The van der Waals surface area contributed by atoms with Gasteiger partial charge in [0, 0.05) is 37.4 Å². The number of ether oxygens (including phenoxy) is 1. The summed E-state index contributed by atoms with van der Waals surface area (Å²) >= 11 is 0. The van der Waals surface area contributed by atoms with Gasteiger partial charge in [0.2, 0.25) is 15.9 Å². The van der Waals surface area contributed by atoms with Gasteiger partial charge in [-0.15, -0.1) is 0 Å². The summed E-state index contributed by atoms with van der Waals surface area (Å²) in [4.78, 5) is 16.6. The Morgan fingerprint density at radius 2 is 1.65 bits per heavy atom. The van der Waals surface area contributed by atoms with Crippen LogP contribution in [-0.2, 0) is 14.8 Å². The largest absolute Gasteiger partial charge is 0.497 e. The maximum absolute atomic E-state index is 12.6. The predicted octanol–water partition coefficient (Wildman–Crippen LogP) is 1.40. The minimum absolute atomic E-state index is 0.120. The van der Waals surface area contributed by atoms with Crippen molar-refractivity contribution < 1.29 is 17.9 Å². The second kappa shape index (κ2) is 7.84. The van der Waals surface area contributed by atoms with E-state index in [1.54, 1.807) is 32.8 Å². The summed E-state index contributed by atoms with van der Waals surface area (Å²) in [6, 6.07) is 7.84. The summed E-state index contributed by atoms with van der Waals surface area (Å²) in [6.45, 7) is 7.85. The Kier molecular flexibility index (Phi) is 6.18. The van der Waals surface area contributed by atoms with Gasteiger partial charge in [-0.1, -0.05) is 0 Å². The number of sulfonamides is 1.